The smallest absolute Gasteiger partial charge is 0.323 e. The van der Waals surface area contributed by atoms with Gasteiger partial charge in [-0.2, -0.15) is 4.72 Å². The first-order valence-corrected chi connectivity index (χ1v) is 9.28. The van der Waals surface area contributed by atoms with E-state index >= 15 is 0 Å². The van der Waals surface area contributed by atoms with Gasteiger partial charge >= 0.3 is 5.97 Å². The molecule has 0 amide bonds. The summed E-state index contributed by atoms with van der Waals surface area (Å²) in [6.45, 7) is 1.44. The van der Waals surface area contributed by atoms with Gasteiger partial charge in [0.1, 0.15) is 18.4 Å². The van der Waals surface area contributed by atoms with Crippen LogP contribution >= 0.6 is 0 Å². The Hall–Kier alpha value is -2.98. The first-order valence-electron chi connectivity index (χ1n) is 7.80. The predicted molar refractivity (Wildman–Crippen MR) is 95.7 cm³/mol. The number of carbonyl (C=O) groups is 1. The van der Waals surface area contributed by atoms with Gasteiger partial charge in [-0.05, 0) is 24.6 Å². The van der Waals surface area contributed by atoms with Crippen molar-refractivity contribution in [3.63, 3.8) is 0 Å². The molecule has 2 aromatic rings. The average molecular weight is 394 g/mol. The summed E-state index contributed by atoms with van der Waals surface area (Å²) >= 11 is 0. The Morgan fingerprint density at radius 1 is 1.22 bits per heavy atom. The molecule has 27 heavy (non-hydrogen) atoms. The largest absolute Gasteiger partial charge is 0.489 e. The molecule has 0 heterocycles. The quantitative estimate of drug-likeness (QED) is 0.412. The van der Waals surface area contributed by atoms with Crippen molar-refractivity contribution in [2.75, 3.05) is 7.11 Å². The van der Waals surface area contributed by atoms with E-state index in [1.807, 2.05) is 35.1 Å². The molecule has 0 fully saturated rings. The van der Waals surface area contributed by atoms with E-state index in [0.717, 1.165) is 24.8 Å². The van der Waals surface area contributed by atoms with Crippen molar-refractivity contribution in [2.24, 2.45) is 0 Å². The third-order valence-corrected chi connectivity index (χ3v) is 5.14. The monoisotopic (exact) mass is 394 g/mol. The lowest BCUT2D eigenvalue weighted by Gasteiger charge is -2.13. The highest BCUT2D eigenvalue weighted by atomic mass is 32.2. The number of carbonyl (C=O) groups excluding carboxylic acids is 1. The molecule has 0 aliphatic rings. The fourth-order valence-corrected chi connectivity index (χ4v) is 3.56. The van der Waals surface area contributed by atoms with E-state index in [2.05, 4.69) is 4.74 Å². The summed E-state index contributed by atoms with van der Waals surface area (Å²) < 4.78 is 36.8. The Morgan fingerprint density at radius 2 is 1.89 bits per heavy atom. The molecule has 1 atom stereocenters. The number of sulfonamides is 1. The fourth-order valence-electron chi connectivity index (χ4n) is 2.22. The Labute approximate surface area is 156 Å². The molecule has 2 aromatic carbocycles. The van der Waals surface area contributed by atoms with Gasteiger partial charge in [0.05, 0.1) is 18.1 Å². The summed E-state index contributed by atoms with van der Waals surface area (Å²) in [4.78, 5) is 21.3. The minimum absolute atomic E-state index is 0.144. The van der Waals surface area contributed by atoms with Gasteiger partial charge in [-0.1, -0.05) is 30.3 Å². The third kappa shape index (κ3) is 5.25. The molecule has 0 aromatic heterocycles. The molecule has 0 bridgehead atoms. The van der Waals surface area contributed by atoms with Gasteiger partial charge in [0.2, 0.25) is 10.0 Å². The lowest BCUT2D eigenvalue weighted by atomic mass is 10.2. The number of esters is 1. The SMILES string of the molecule is COC(=O)[C@@H](C)NS(=O)(=O)c1ccc(OCc2ccccc2)cc1[N+](=O)[O-]. The minimum Gasteiger partial charge on any atom is -0.489 e. The van der Waals surface area contributed by atoms with E-state index in [1.165, 1.54) is 13.0 Å². The second-order valence-electron chi connectivity index (χ2n) is 5.53. The van der Waals surface area contributed by atoms with Crippen molar-refractivity contribution in [3.8, 4) is 5.75 Å². The summed E-state index contributed by atoms with van der Waals surface area (Å²) in [5.74, 6) is -0.672. The molecular formula is C17H18N2O7S. The number of hydrogen-bond donors (Lipinski definition) is 1. The van der Waals surface area contributed by atoms with Crippen molar-refractivity contribution >= 4 is 21.7 Å². The number of nitrogens with zero attached hydrogens (tertiary/aromatic N) is 1. The van der Waals surface area contributed by atoms with Crippen LogP contribution in [0.1, 0.15) is 12.5 Å². The summed E-state index contributed by atoms with van der Waals surface area (Å²) in [6, 6.07) is 11.3. The van der Waals surface area contributed by atoms with E-state index in [4.69, 9.17) is 4.74 Å². The van der Waals surface area contributed by atoms with Crippen LogP contribution < -0.4 is 9.46 Å². The van der Waals surface area contributed by atoms with Crippen molar-refractivity contribution in [1.29, 1.82) is 0 Å². The van der Waals surface area contributed by atoms with Crippen LogP contribution in [-0.4, -0.2) is 32.5 Å². The normalized spacial score (nSPS) is 12.2. The Kier molecular flexibility index (Phi) is 6.48. The molecule has 0 radical (unpaired) electrons. The maximum absolute atomic E-state index is 12.4. The molecule has 10 heteroatoms. The van der Waals surface area contributed by atoms with Crippen molar-refractivity contribution in [2.45, 2.75) is 24.5 Å². The van der Waals surface area contributed by atoms with E-state index < -0.39 is 37.5 Å². The van der Waals surface area contributed by atoms with E-state index in [9.17, 15) is 23.3 Å². The van der Waals surface area contributed by atoms with Crippen molar-refractivity contribution < 1.29 is 27.6 Å². The van der Waals surface area contributed by atoms with E-state index in [-0.39, 0.29) is 12.4 Å². The molecule has 0 aliphatic heterocycles. The molecule has 0 spiro atoms. The maximum Gasteiger partial charge on any atom is 0.323 e. The summed E-state index contributed by atoms with van der Waals surface area (Å²) in [7, 11) is -3.22. The van der Waals surface area contributed by atoms with Crippen LogP contribution in [0.2, 0.25) is 0 Å². The number of methoxy groups -OCH3 is 1. The predicted octanol–water partition coefficient (Wildman–Crippen LogP) is 2.01. The van der Waals surface area contributed by atoms with Crippen molar-refractivity contribution in [3.05, 3.63) is 64.2 Å². The van der Waals surface area contributed by atoms with Crippen LogP contribution in [0.3, 0.4) is 0 Å². The standard InChI is InChI=1S/C17H18N2O7S/c1-12(17(20)25-2)18-27(23,24)16-9-8-14(10-15(16)19(21)22)26-11-13-6-4-3-5-7-13/h3-10,12,18H,11H2,1-2H3/t12-/m1/s1. The van der Waals surface area contributed by atoms with Gasteiger partial charge < -0.3 is 9.47 Å². The molecular weight excluding hydrogens is 376 g/mol. The molecule has 0 saturated heterocycles. The van der Waals surface area contributed by atoms with Crippen LogP contribution in [0, 0.1) is 10.1 Å². The number of benzene rings is 2. The van der Waals surface area contributed by atoms with Crippen LogP contribution in [-0.2, 0) is 26.2 Å². The molecule has 1 N–H and O–H groups in total. The Bertz CT molecular complexity index is 930. The van der Waals surface area contributed by atoms with Gasteiger partial charge in [-0.15, -0.1) is 0 Å². The zero-order valence-corrected chi connectivity index (χ0v) is 15.4. The van der Waals surface area contributed by atoms with Gasteiger partial charge in [-0.3, -0.25) is 14.9 Å². The summed E-state index contributed by atoms with van der Waals surface area (Å²) in [6.07, 6.45) is 0. The second-order valence-corrected chi connectivity index (χ2v) is 7.21. The summed E-state index contributed by atoms with van der Waals surface area (Å²) in [5, 5.41) is 11.3. The number of rotatable bonds is 8. The van der Waals surface area contributed by atoms with Gasteiger partial charge in [-0.25, -0.2) is 8.42 Å². The third-order valence-electron chi connectivity index (χ3n) is 3.55. The zero-order chi connectivity index (χ0) is 20.0. The van der Waals surface area contributed by atoms with Crippen LogP contribution in [0.15, 0.2) is 53.4 Å². The second kappa shape index (κ2) is 8.60. The molecule has 9 nitrogen and oxygen atoms in total. The maximum atomic E-state index is 12.4. The highest BCUT2D eigenvalue weighted by Crippen LogP contribution is 2.29. The van der Waals surface area contributed by atoms with Crippen LogP contribution in [0.5, 0.6) is 5.75 Å². The number of nitro benzene ring substituents is 1. The molecule has 0 saturated carbocycles. The highest BCUT2D eigenvalue weighted by molar-refractivity contribution is 7.89. The number of ether oxygens (including phenoxy) is 2. The van der Waals surface area contributed by atoms with Crippen molar-refractivity contribution in [1.82, 2.24) is 4.72 Å². The topological polar surface area (TPSA) is 125 Å². The minimum atomic E-state index is -4.32. The van der Waals surface area contributed by atoms with E-state index in [1.54, 1.807) is 0 Å². The molecule has 2 rings (SSSR count). The van der Waals surface area contributed by atoms with Gasteiger partial charge in [0.15, 0.2) is 4.90 Å². The Balaban J connectivity index is 2.27. The van der Waals surface area contributed by atoms with E-state index in [0.29, 0.717) is 0 Å². The first-order chi connectivity index (χ1) is 12.7. The van der Waals surface area contributed by atoms with Gasteiger partial charge in [0.25, 0.3) is 5.69 Å². The summed E-state index contributed by atoms with van der Waals surface area (Å²) in [5.41, 5.74) is 0.190. The number of nitrogens with one attached hydrogen (secondary N) is 1. The van der Waals surface area contributed by atoms with Crippen LogP contribution in [0.4, 0.5) is 5.69 Å². The lowest BCUT2D eigenvalue weighted by Crippen LogP contribution is -2.39. The molecule has 0 aliphatic carbocycles. The molecule has 144 valence electrons. The first kappa shape index (κ1) is 20.3. The highest BCUT2D eigenvalue weighted by Gasteiger charge is 2.30. The lowest BCUT2D eigenvalue weighted by molar-refractivity contribution is -0.387. The number of hydrogen-bond acceptors (Lipinski definition) is 7. The fraction of sp³-hybridized carbons (Fsp3) is 0.235. The van der Waals surface area contributed by atoms with Gasteiger partial charge in [0, 0.05) is 0 Å². The Morgan fingerprint density at radius 3 is 2.48 bits per heavy atom. The zero-order valence-electron chi connectivity index (χ0n) is 14.6. The average Bonchev–Trinajstić information content (AvgIpc) is 2.65. The number of nitro groups is 1. The molecule has 0 unspecified atom stereocenters. The van der Waals surface area contributed by atoms with Crippen LogP contribution in [0.25, 0.3) is 0 Å².